The minimum atomic E-state index is -0.525. The van der Waals surface area contributed by atoms with Gasteiger partial charge in [0.15, 0.2) is 0 Å². The summed E-state index contributed by atoms with van der Waals surface area (Å²) in [7, 11) is 0. The Bertz CT molecular complexity index is 746. The number of hydrogen-bond acceptors (Lipinski definition) is 5. The van der Waals surface area contributed by atoms with Crippen molar-refractivity contribution in [3.8, 4) is 0 Å². The van der Waals surface area contributed by atoms with Gasteiger partial charge in [0, 0.05) is 11.3 Å². The zero-order valence-electron chi connectivity index (χ0n) is 11.9. The van der Waals surface area contributed by atoms with Gasteiger partial charge in [-0.05, 0) is 23.6 Å². The summed E-state index contributed by atoms with van der Waals surface area (Å²) >= 11 is 2.62. The standard InChI is InChI=1S/C15H13N3O3S2/c19-13(17-18-15(21)11-6-3-7-22-11)8-12-14(20)16-9-4-1-2-5-10(9)23-12/h1-7,12H,8H2,(H,16,20)(H,17,19)(H,18,21). The fraction of sp³-hybridized carbons (Fsp3) is 0.133. The van der Waals surface area contributed by atoms with Crippen molar-refractivity contribution in [1.82, 2.24) is 10.9 Å². The molecular formula is C15H13N3O3S2. The van der Waals surface area contributed by atoms with Crippen LogP contribution in [-0.4, -0.2) is 23.0 Å². The van der Waals surface area contributed by atoms with Crippen molar-refractivity contribution in [2.24, 2.45) is 0 Å². The minimum Gasteiger partial charge on any atom is -0.324 e. The number of amides is 3. The Labute approximate surface area is 140 Å². The summed E-state index contributed by atoms with van der Waals surface area (Å²) in [5.74, 6) is -1.00. The highest BCUT2D eigenvalue weighted by Crippen LogP contribution is 2.36. The van der Waals surface area contributed by atoms with E-state index in [-0.39, 0.29) is 18.2 Å². The van der Waals surface area contributed by atoms with Gasteiger partial charge < -0.3 is 5.32 Å². The molecule has 2 heterocycles. The van der Waals surface area contributed by atoms with Gasteiger partial charge in [-0.3, -0.25) is 25.2 Å². The van der Waals surface area contributed by atoms with Crippen LogP contribution in [0.15, 0.2) is 46.7 Å². The maximum atomic E-state index is 12.0. The SMILES string of the molecule is O=C(CC1Sc2ccccc2NC1=O)NNC(=O)c1cccs1. The Hall–Kier alpha value is -2.32. The Morgan fingerprint density at radius 2 is 1.96 bits per heavy atom. The summed E-state index contributed by atoms with van der Waals surface area (Å²) in [5.41, 5.74) is 5.43. The quantitative estimate of drug-likeness (QED) is 0.741. The lowest BCUT2D eigenvalue weighted by atomic mass is 10.2. The second kappa shape index (κ2) is 6.84. The van der Waals surface area contributed by atoms with Gasteiger partial charge in [0.2, 0.25) is 11.8 Å². The van der Waals surface area contributed by atoms with Crippen molar-refractivity contribution in [2.45, 2.75) is 16.6 Å². The molecule has 1 aliphatic rings. The van der Waals surface area contributed by atoms with E-state index >= 15 is 0 Å². The summed E-state index contributed by atoms with van der Waals surface area (Å²) in [5, 5.41) is 4.03. The third-order valence-electron chi connectivity index (χ3n) is 3.14. The molecule has 3 N–H and O–H groups in total. The molecule has 6 nitrogen and oxygen atoms in total. The van der Waals surface area contributed by atoms with Crippen molar-refractivity contribution < 1.29 is 14.4 Å². The molecule has 2 aromatic rings. The van der Waals surface area contributed by atoms with Gasteiger partial charge in [0.25, 0.3) is 5.91 Å². The molecule has 1 atom stereocenters. The van der Waals surface area contributed by atoms with Crippen LogP contribution in [0.2, 0.25) is 0 Å². The summed E-state index contributed by atoms with van der Waals surface area (Å²) in [6, 6.07) is 10.8. The zero-order chi connectivity index (χ0) is 16.2. The van der Waals surface area contributed by atoms with Crippen molar-refractivity contribution in [1.29, 1.82) is 0 Å². The third kappa shape index (κ3) is 3.72. The fourth-order valence-electron chi connectivity index (χ4n) is 2.04. The number of fused-ring (bicyclic) bond motifs is 1. The Balaban J connectivity index is 1.54. The molecular weight excluding hydrogens is 334 g/mol. The first-order valence-electron chi connectivity index (χ1n) is 6.83. The second-order valence-electron chi connectivity index (χ2n) is 4.78. The fourth-order valence-corrected chi connectivity index (χ4v) is 3.77. The highest BCUT2D eigenvalue weighted by Gasteiger charge is 2.28. The van der Waals surface area contributed by atoms with E-state index in [4.69, 9.17) is 0 Å². The van der Waals surface area contributed by atoms with Crippen molar-refractivity contribution in [2.75, 3.05) is 5.32 Å². The maximum absolute atomic E-state index is 12.0. The average Bonchev–Trinajstić information content (AvgIpc) is 3.08. The molecule has 3 rings (SSSR count). The van der Waals surface area contributed by atoms with E-state index in [2.05, 4.69) is 16.2 Å². The highest BCUT2D eigenvalue weighted by atomic mass is 32.2. The largest absolute Gasteiger partial charge is 0.324 e. The van der Waals surface area contributed by atoms with Gasteiger partial charge in [0.05, 0.1) is 15.8 Å². The van der Waals surface area contributed by atoms with Gasteiger partial charge in [-0.1, -0.05) is 18.2 Å². The normalized spacial score (nSPS) is 16.2. The molecule has 1 aromatic heterocycles. The van der Waals surface area contributed by atoms with Crippen LogP contribution in [0.3, 0.4) is 0 Å². The molecule has 3 amide bonds. The molecule has 0 saturated carbocycles. The lowest BCUT2D eigenvalue weighted by Gasteiger charge is -2.23. The number of para-hydroxylation sites is 1. The first kappa shape index (κ1) is 15.6. The number of anilines is 1. The third-order valence-corrected chi connectivity index (χ3v) is 5.28. The maximum Gasteiger partial charge on any atom is 0.279 e. The van der Waals surface area contributed by atoms with E-state index in [0.717, 1.165) is 10.6 Å². The molecule has 1 aliphatic heterocycles. The van der Waals surface area contributed by atoms with Crippen LogP contribution in [0.5, 0.6) is 0 Å². The van der Waals surface area contributed by atoms with Crippen LogP contribution in [0.1, 0.15) is 16.1 Å². The van der Waals surface area contributed by atoms with E-state index < -0.39 is 11.2 Å². The molecule has 118 valence electrons. The summed E-state index contributed by atoms with van der Waals surface area (Å²) in [4.78, 5) is 37.1. The number of thiophene rings is 1. The average molecular weight is 347 g/mol. The number of hydrogen-bond donors (Lipinski definition) is 3. The summed E-state index contributed by atoms with van der Waals surface area (Å²) < 4.78 is 0. The molecule has 0 bridgehead atoms. The Morgan fingerprint density at radius 1 is 1.13 bits per heavy atom. The van der Waals surface area contributed by atoms with Crippen LogP contribution in [-0.2, 0) is 9.59 Å². The summed E-state index contributed by atoms with van der Waals surface area (Å²) in [6.45, 7) is 0. The van der Waals surface area contributed by atoms with Gasteiger partial charge in [-0.15, -0.1) is 23.1 Å². The Morgan fingerprint density at radius 3 is 2.74 bits per heavy atom. The van der Waals surface area contributed by atoms with Crippen LogP contribution in [0.25, 0.3) is 0 Å². The molecule has 1 unspecified atom stereocenters. The number of rotatable bonds is 3. The number of nitrogens with one attached hydrogen (secondary N) is 3. The van der Waals surface area contributed by atoms with E-state index in [9.17, 15) is 14.4 Å². The van der Waals surface area contributed by atoms with Gasteiger partial charge >= 0.3 is 0 Å². The van der Waals surface area contributed by atoms with E-state index in [1.54, 1.807) is 17.5 Å². The van der Waals surface area contributed by atoms with Crippen molar-refractivity contribution in [3.05, 3.63) is 46.7 Å². The summed E-state index contributed by atoms with van der Waals surface area (Å²) in [6.07, 6.45) is -0.0183. The number of hydrazine groups is 1. The molecule has 1 aromatic carbocycles. The first-order chi connectivity index (χ1) is 11.1. The van der Waals surface area contributed by atoms with E-state index in [1.165, 1.54) is 23.1 Å². The molecule has 0 fully saturated rings. The lowest BCUT2D eigenvalue weighted by Crippen LogP contribution is -2.43. The molecule has 8 heteroatoms. The monoisotopic (exact) mass is 347 g/mol. The number of thioether (sulfide) groups is 1. The van der Waals surface area contributed by atoms with Gasteiger partial charge in [-0.2, -0.15) is 0 Å². The Kier molecular flexibility index (Phi) is 4.63. The zero-order valence-corrected chi connectivity index (χ0v) is 13.5. The predicted octanol–water partition coefficient (Wildman–Crippen LogP) is 2.01. The molecule has 0 radical (unpaired) electrons. The highest BCUT2D eigenvalue weighted by molar-refractivity contribution is 8.01. The van der Waals surface area contributed by atoms with Crippen molar-refractivity contribution in [3.63, 3.8) is 0 Å². The predicted molar refractivity (Wildman–Crippen MR) is 89.3 cm³/mol. The van der Waals surface area contributed by atoms with Gasteiger partial charge in [0.1, 0.15) is 0 Å². The van der Waals surface area contributed by atoms with Crippen molar-refractivity contribution >= 4 is 46.5 Å². The molecule has 0 saturated heterocycles. The smallest absolute Gasteiger partial charge is 0.279 e. The topological polar surface area (TPSA) is 87.3 Å². The number of carbonyl (C=O) groups is 3. The molecule has 0 aliphatic carbocycles. The number of benzene rings is 1. The molecule has 23 heavy (non-hydrogen) atoms. The molecule has 0 spiro atoms. The number of carbonyl (C=O) groups excluding carboxylic acids is 3. The van der Waals surface area contributed by atoms with Gasteiger partial charge in [-0.25, -0.2) is 0 Å². The minimum absolute atomic E-state index is 0.0183. The first-order valence-corrected chi connectivity index (χ1v) is 8.58. The van der Waals surface area contributed by atoms with Crippen LogP contribution >= 0.6 is 23.1 Å². The van der Waals surface area contributed by atoms with E-state index in [1.807, 2.05) is 24.3 Å². The lowest BCUT2D eigenvalue weighted by molar-refractivity contribution is -0.124. The van der Waals surface area contributed by atoms with Crippen LogP contribution < -0.4 is 16.2 Å². The van der Waals surface area contributed by atoms with Crippen LogP contribution in [0.4, 0.5) is 5.69 Å². The van der Waals surface area contributed by atoms with Crippen LogP contribution in [0, 0.1) is 0 Å². The second-order valence-corrected chi connectivity index (χ2v) is 6.97. The van der Waals surface area contributed by atoms with E-state index in [0.29, 0.717) is 4.88 Å².